The molecule has 0 heterocycles. The van der Waals surface area contributed by atoms with Gasteiger partial charge in [0.05, 0.1) is 5.12 Å². The maximum Gasteiger partial charge on any atom is 0.132 e. The molecule has 1 atom stereocenters. The summed E-state index contributed by atoms with van der Waals surface area (Å²) in [5.41, 5.74) is 0. The monoisotopic (exact) mass is 215 g/mol. The first-order valence-electron chi connectivity index (χ1n) is 3.72. The topological polar surface area (TPSA) is 26.3 Å². The summed E-state index contributed by atoms with van der Waals surface area (Å²) in [7, 11) is 0. The molecular weight excluding hydrogens is 208 g/mol. The highest BCUT2D eigenvalue weighted by molar-refractivity contribution is 7.77. The first kappa shape index (κ1) is 10.3. The molecule has 0 aromatic heterocycles. The Morgan fingerprint density at radius 2 is 2.00 bits per heavy atom. The number of rotatable bonds is 3. The van der Waals surface area contributed by atoms with E-state index in [4.69, 9.17) is 16.3 Å². The van der Waals surface area contributed by atoms with Crippen molar-refractivity contribution in [3.8, 4) is 5.75 Å². The molecule has 13 heavy (non-hydrogen) atoms. The highest BCUT2D eigenvalue weighted by atomic mass is 35.5. The first-order chi connectivity index (χ1) is 6.09. The average molecular weight is 216 g/mol. The zero-order valence-electron chi connectivity index (χ0n) is 6.99. The van der Waals surface area contributed by atoms with Crippen molar-refractivity contribution in [1.29, 1.82) is 0 Å². The fourth-order valence-corrected chi connectivity index (χ4v) is 0.940. The lowest BCUT2D eigenvalue weighted by Gasteiger charge is -2.16. The molecular formula is C9H8ClO2S-. The molecule has 0 aliphatic heterocycles. The summed E-state index contributed by atoms with van der Waals surface area (Å²) in [4.78, 5) is 10.7. The van der Waals surface area contributed by atoms with E-state index in [1.165, 1.54) is 0 Å². The van der Waals surface area contributed by atoms with E-state index in [1.807, 2.05) is 0 Å². The second kappa shape index (κ2) is 4.44. The van der Waals surface area contributed by atoms with Gasteiger partial charge in [0.1, 0.15) is 11.9 Å². The van der Waals surface area contributed by atoms with Crippen molar-refractivity contribution in [2.45, 2.75) is 13.0 Å². The molecule has 0 fully saturated rings. The number of benzene rings is 1. The number of carbonyl (C=O) groups is 1. The summed E-state index contributed by atoms with van der Waals surface area (Å²) >= 11 is 10.1. The van der Waals surface area contributed by atoms with Crippen LogP contribution in [-0.4, -0.2) is 11.2 Å². The lowest BCUT2D eigenvalue weighted by atomic mass is 10.3. The van der Waals surface area contributed by atoms with Gasteiger partial charge < -0.3 is 22.2 Å². The molecule has 1 aromatic rings. The largest absolute Gasteiger partial charge is 0.738 e. The summed E-state index contributed by atoms with van der Waals surface area (Å²) < 4.78 is 5.22. The van der Waals surface area contributed by atoms with Crippen LogP contribution in [0.5, 0.6) is 5.75 Å². The van der Waals surface area contributed by atoms with Gasteiger partial charge in [0, 0.05) is 5.02 Å². The fraction of sp³-hybridized carbons (Fsp3) is 0.222. The SMILES string of the molecule is CC(Oc1ccc(Cl)cc1)C(=O)[S-]. The van der Waals surface area contributed by atoms with Crippen LogP contribution in [0.1, 0.15) is 6.92 Å². The Morgan fingerprint density at radius 3 is 2.46 bits per heavy atom. The van der Waals surface area contributed by atoms with E-state index in [9.17, 15) is 4.79 Å². The van der Waals surface area contributed by atoms with Crippen LogP contribution in [0.3, 0.4) is 0 Å². The van der Waals surface area contributed by atoms with Gasteiger partial charge in [-0.3, -0.25) is 0 Å². The van der Waals surface area contributed by atoms with Gasteiger partial charge in [0.2, 0.25) is 0 Å². The number of hydrogen-bond donors (Lipinski definition) is 0. The van der Waals surface area contributed by atoms with Crippen molar-refractivity contribution in [3.63, 3.8) is 0 Å². The predicted molar refractivity (Wildman–Crippen MR) is 53.9 cm³/mol. The number of ether oxygens (including phenoxy) is 1. The van der Waals surface area contributed by atoms with E-state index in [0.717, 1.165) is 0 Å². The predicted octanol–water partition coefficient (Wildman–Crippen LogP) is 2.18. The molecule has 0 N–H and O–H groups in total. The minimum absolute atomic E-state index is 0.407. The second-order valence-corrected chi connectivity index (χ2v) is 3.37. The standard InChI is InChI=1S/C9H9ClO2S/c1-6(9(11)13)12-8-4-2-7(10)3-5-8/h2-6H,1H3,(H,11,13)/p-1. The van der Waals surface area contributed by atoms with Crippen LogP contribution < -0.4 is 4.74 Å². The van der Waals surface area contributed by atoms with Gasteiger partial charge in [-0.05, 0) is 31.2 Å². The molecule has 0 bridgehead atoms. The first-order valence-corrected chi connectivity index (χ1v) is 4.51. The van der Waals surface area contributed by atoms with Gasteiger partial charge in [-0.1, -0.05) is 11.6 Å². The molecule has 1 unspecified atom stereocenters. The Hall–Kier alpha value is -0.800. The van der Waals surface area contributed by atoms with E-state index in [2.05, 4.69) is 12.6 Å². The molecule has 70 valence electrons. The highest BCUT2D eigenvalue weighted by Crippen LogP contribution is 2.16. The van der Waals surface area contributed by atoms with Gasteiger partial charge in [-0.15, -0.1) is 0 Å². The summed E-state index contributed by atoms with van der Waals surface area (Å²) in [5, 5.41) is 0.222. The van der Waals surface area contributed by atoms with Crippen molar-refractivity contribution in [3.05, 3.63) is 29.3 Å². The van der Waals surface area contributed by atoms with Crippen molar-refractivity contribution in [2.75, 3.05) is 0 Å². The lowest BCUT2D eigenvalue weighted by molar-refractivity contribution is -0.116. The number of halogens is 1. The van der Waals surface area contributed by atoms with E-state index in [1.54, 1.807) is 31.2 Å². The minimum atomic E-state index is -0.587. The Kier molecular flexibility index (Phi) is 3.51. The Morgan fingerprint density at radius 1 is 1.46 bits per heavy atom. The Bertz CT molecular complexity index is 297. The van der Waals surface area contributed by atoms with E-state index in [0.29, 0.717) is 10.8 Å². The van der Waals surface area contributed by atoms with Gasteiger partial charge in [0.25, 0.3) is 0 Å². The van der Waals surface area contributed by atoms with Gasteiger partial charge >= 0.3 is 0 Å². The van der Waals surface area contributed by atoms with E-state index >= 15 is 0 Å². The van der Waals surface area contributed by atoms with E-state index in [-0.39, 0.29) is 0 Å². The average Bonchev–Trinajstić information content (AvgIpc) is 2.08. The molecule has 0 saturated heterocycles. The Balaban J connectivity index is 2.64. The van der Waals surface area contributed by atoms with Crippen molar-refractivity contribution >= 4 is 29.3 Å². The van der Waals surface area contributed by atoms with Gasteiger partial charge in [0.15, 0.2) is 0 Å². The molecule has 0 spiro atoms. The van der Waals surface area contributed by atoms with Crippen LogP contribution in [-0.2, 0) is 17.4 Å². The Labute approximate surface area is 87.3 Å². The summed E-state index contributed by atoms with van der Waals surface area (Å²) in [5.74, 6) is 0.593. The molecule has 0 saturated carbocycles. The number of hydrogen-bond acceptors (Lipinski definition) is 3. The lowest BCUT2D eigenvalue weighted by Crippen LogP contribution is -2.21. The molecule has 1 aromatic carbocycles. The molecule has 0 amide bonds. The highest BCUT2D eigenvalue weighted by Gasteiger charge is 2.02. The quantitative estimate of drug-likeness (QED) is 0.723. The molecule has 0 aliphatic carbocycles. The summed E-state index contributed by atoms with van der Waals surface area (Å²) in [6.07, 6.45) is -0.587. The normalized spacial score (nSPS) is 12.2. The second-order valence-electron chi connectivity index (χ2n) is 2.53. The van der Waals surface area contributed by atoms with Crippen LogP contribution in [0.15, 0.2) is 24.3 Å². The molecule has 4 heteroatoms. The van der Waals surface area contributed by atoms with Crippen LogP contribution >= 0.6 is 11.6 Å². The van der Waals surface area contributed by atoms with Crippen molar-refractivity contribution < 1.29 is 9.53 Å². The van der Waals surface area contributed by atoms with Gasteiger partial charge in [-0.25, -0.2) is 0 Å². The molecule has 0 radical (unpaired) electrons. The molecule has 0 aliphatic rings. The summed E-state index contributed by atoms with van der Waals surface area (Å²) in [6, 6.07) is 6.77. The smallest absolute Gasteiger partial charge is 0.132 e. The third-order valence-corrected chi connectivity index (χ3v) is 2.04. The third-order valence-electron chi connectivity index (χ3n) is 1.46. The number of carbonyl (C=O) groups excluding carboxylic acids is 1. The van der Waals surface area contributed by atoms with Crippen LogP contribution in [0.4, 0.5) is 0 Å². The van der Waals surface area contributed by atoms with Crippen LogP contribution in [0.25, 0.3) is 0 Å². The van der Waals surface area contributed by atoms with Crippen molar-refractivity contribution in [1.82, 2.24) is 0 Å². The fourth-order valence-electron chi connectivity index (χ4n) is 0.765. The molecule has 1 rings (SSSR count). The van der Waals surface area contributed by atoms with E-state index < -0.39 is 11.2 Å². The van der Waals surface area contributed by atoms with Crippen LogP contribution in [0, 0.1) is 0 Å². The maximum absolute atomic E-state index is 10.7. The van der Waals surface area contributed by atoms with Crippen LogP contribution in [0.2, 0.25) is 5.02 Å². The minimum Gasteiger partial charge on any atom is -0.738 e. The van der Waals surface area contributed by atoms with Gasteiger partial charge in [-0.2, -0.15) is 0 Å². The zero-order valence-corrected chi connectivity index (χ0v) is 8.56. The van der Waals surface area contributed by atoms with Crippen molar-refractivity contribution in [2.24, 2.45) is 0 Å². The zero-order chi connectivity index (χ0) is 9.84. The summed E-state index contributed by atoms with van der Waals surface area (Å²) in [6.45, 7) is 1.62. The maximum atomic E-state index is 10.7. The third kappa shape index (κ3) is 3.20. The molecule has 2 nitrogen and oxygen atoms in total.